The van der Waals surface area contributed by atoms with Crippen LogP contribution in [0.15, 0.2) is 18.2 Å². The minimum Gasteiger partial charge on any atom is -0.497 e. The van der Waals surface area contributed by atoms with E-state index in [1.807, 2.05) is 0 Å². The zero-order valence-corrected chi connectivity index (χ0v) is 11.1. The monoisotopic (exact) mass is 265 g/mol. The number of methoxy groups -OCH3 is 2. The van der Waals surface area contributed by atoms with Gasteiger partial charge in [0.25, 0.3) is 0 Å². The van der Waals surface area contributed by atoms with Crippen LogP contribution < -0.4 is 9.47 Å². The summed E-state index contributed by atoms with van der Waals surface area (Å²) in [6.07, 6.45) is 4.70. The molecule has 0 spiro atoms. The Morgan fingerprint density at radius 1 is 1.00 bits per heavy atom. The standard InChI is InChI=1S/C14H17O5/c1-16-12-7-10(8-13(9-12)17-2)14(15)19-18-11-5-3-4-6-11/h7-9H,3-6H2,1-2H3. The first kappa shape index (κ1) is 13.7. The van der Waals surface area contributed by atoms with Gasteiger partial charge in [0.15, 0.2) is 0 Å². The summed E-state index contributed by atoms with van der Waals surface area (Å²) < 4.78 is 10.2. The third-order valence-electron chi connectivity index (χ3n) is 2.98. The molecule has 1 saturated carbocycles. The molecule has 1 fully saturated rings. The van der Waals surface area contributed by atoms with Crippen molar-refractivity contribution in [2.75, 3.05) is 14.2 Å². The van der Waals surface area contributed by atoms with E-state index in [0.717, 1.165) is 31.8 Å². The van der Waals surface area contributed by atoms with E-state index in [1.54, 1.807) is 18.2 Å². The van der Waals surface area contributed by atoms with Crippen molar-refractivity contribution >= 4 is 5.97 Å². The summed E-state index contributed by atoms with van der Waals surface area (Å²) in [4.78, 5) is 21.7. The van der Waals surface area contributed by atoms with Crippen LogP contribution in [-0.4, -0.2) is 20.2 Å². The van der Waals surface area contributed by atoms with Gasteiger partial charge in [0.2, 0.25) is 0 Å². The average molecular weight is 265 g/mol. The summed E-state index contributed by atoms with van der Waals surface area (Å²) in [6.45, 7) is 0. The van der Waals surface area contributed by atoms with Crippen LogP contribution in [-0.2, 0) is 9.78 Å². The number of hydrogen-bond donors (Lipinski definition) is 0. The van der Waals surface area contributed by atoms with Gasteiger partial charge in [0, 0.05) is 6.07 Å². The molecule has 1 aromatic carbocycles. The summed E-state index contributed by atoms with van der Waals surface area (Å²) in [5.74, 6) is 0.497. The van der Waals surface area contributed by atoms with Gasteiger partial charge in [-0.05, 0) is 25.0 Å². The highest BCUT2D eigenvalue weighted by atomic mass is 17.2. The van der Waals surface area contributed by atoms with Crippen molar-refractivity contribution in [2.45, 2.75) is 25.7 Å². The second kappa shape index (κ2) is 6.43. The van der Waals surface area contributed by atoms with Crippen LogP contribution in [0.1, 0.15) is 36.0 Å². The summed E-state index contributed by atoms with van der Waals surface area (Å²) in [5, 5.41) is 0. The summed E-state index contributed by atoms with van der Waals surface area (Å²) in [7, 11) is 3.05. The number of rotatable bonds is 5. The normalized spacial score (nSPS) is 15.3. The van der Waals surface area contributed by atoms with Gasteiger partial charge in [-0.1, -0.05) is 12.8 Å². The van der Waals surface area contributed by atoms with Crippen LogP contribution in [0.5, 0.6) is 11.5 Å². The zero-order chi connectivity index (χ0) is 13.7. The number of ether oxygens (including phenoxy) is 2. The highest BCUT2D eigenvalue weighted by Crippen LogP contribution is 2.28. The van der Waals surface area contributed by atoms with E-state index >= 15 is 0 Å². The quantitative estimate of drug-likeness (QED) is 0.605. The second-order valence-corrected chi connectivity index (χ2v) is 4.30. The average Bonchev–Trinajstić information content (AvgIpc) is 2.97. The Hall–Kier alpha value is -1.75. The summed E-state index contributed by atoms with van der Waals surface area (Å²) in [5.41, 5.74) is 0.329. The van der Waals surface area contributed by atoms with Gasteiger partial charge in [0.1, 0.15) is 17.6 Å². The van der Waals surface area contributed by atoms with Crippen LogP contribution in [0.2, 0.25) is 0 Å². The molecule has 1 aromatic rings. The largest absolute Gasteiger partial charge is 0.497 e. The van der Waals surface area contributed by atoms with E-state index in [0.29, 0.717) is 17.1 Å². The maximum absolute atomic E-state index is 11.9. The zero-order valence-electron chi connectivity index (χ0n) is 11.1. The molecule has 0 heterocycles. The third kappa shape index (κ3) is 3.61. The Morgan fingerprint density at radius 2 is 1.58 bits per heavy atom. The van der Waals surface area contributed by atoms with Crippen LogP contribution >= 0.6 is 0 Å². The Morgan fingerprint density at radius 3 is 2.11 bits per heavy atom. The van der Waals surface area contributed by atoms with Crippen LogP contribution in [0.3, 0.4) is 0 Å². The third-order valence-corrected chi connectivity index (χ3v) is 2.98. The van der Waals surface area contributed by atoms with E-state index in [1.165, 1.54) is 14.2 Å². The molecule has 0 bridgehead atoms. The van der Waals surface area contributed by atoms with Crippen molar-refractivity contribution in [1.29, 1.82) is 0 Å². The van der Waals surface area contributed by atoms with Crippen LogP contribution in [0.25, 0.3) is 0 Å². The van der Waals surface area contributed by atoms with E-state index in [2.05, 4.69) is 0 Å². The molecule has 0 saturated heterocycles. The lowest BCUT2D eigenvalue weighted by Crippen LogP contribution is -2.09. The Labute approximate surface area is 112 Å². The van der Waals surface area contributed by atoms with Crippen molar-refractivity contribution in [3.63, 3.8) is 0 Å². The lowest BCUT2D eigenvalue weighted by atomic mass is 10.2. The first-order chi connectivity index (χ1) is 9.22. The van der Waals surface area contributed by atoms with E-state index in [9.17, 15) is 4.79 Å². The van der Waals surface area contributed by atoms with Crippen molar-refractivity contribution in [1.82, 2.24) is 0 Å². The maximum atomic E-state index is 11.9. The second-order valence-electron chi connectivity index (χ2n) is 4.30. The Bertz CT molecular complexity index is 415. The van der Waals surface area contributed by atoms with Gasteiger partial charge in [-0.25, -0.2) is 4.79 Å². The molecule has 19 heavy (non-hydrogen) atoms. The maximum Gasteiger partial charge on any atom is 0.373 e. The highest BCUT2D eigenvalue weighted by Gasteiger charge is 2.21. The van der Waals surface area contributed by atoms with Gasteiger partial charge in [0.05, 0.1) is 19.8 Å². The van der Waals surface area contributed by atoms with Gasteiger partial charge in [-0.15, -0.1) is 0 Å². The van der Waals surface area contributed by atoms with E-state index in [4.69, 9.17) is 19.2 Å². The first-order valence-electron chi connectivity index (χ1n) is 6.19. The predicted molar refractivity (Wildman–Crippen MR) is 67.8 cm³/mol. The molecule has 0 N–H and O–H groups in total. The SMILES string of the molecule is COc1cc(OC)cc(C(=O)OO[C]2CCCC2)c1. The first-order valence-corrected chi connectivity index (χ1v) is 6.19. The van der Waals surface area contributed by atoms with Crippen molar-refractivity contribution in [3.05, 3.63) is 29.9 Å². The Kier molecular flexibility index (Phi) is 4.63. The van der Waals surface area contributed by atoms with Crippen LogP contribution in [0, 0.1) is 6.10 Å². The molecule has 0 aliphatic heterocycles. The van der Waals surface area contributed by atoms with Crippen molar-refractivity contribution in [3.8, 4) is 11.5 Å². The number of carbonyl (C=O) groups excluding carboxylic acids is 1. The smallest absolute Gasteiger partial charge is 0.373 e. The molecule has 1 radical (unpaired) electrons. The number of benzene rings is 1. The molecule has 0 atom stereocenters. The minimum absolute atomic E-state index is 0.329. The summed E-state index contributed by atoms with van der Waals surface area (Å²) >= 11 is 0. The fraction of sp³-hybridized carbons (Fsp3) is 0.429. The van der Waals surface area contributed by atoms with Crippen molar-refractivity contribution < 1.29 is 24.0 Å². The highest BCUT2D eigenvalue weighted by molar-refractivity contribution is 5.90. The molecule has 1 aliphatic rings. The van der Waals surface area contributed by atoms with Gasteiger partial charge < -0.3 is 9.47 Å². The molecule has 0 unspecified atom stereocenters. The minimum atomic E-state index is -0.559. The molecular weight excluding hydrogens is 248 g/mol. The molecule has 0 aromatic heterocycles. The number of carbonyl (C=O) groups is 1. The Balaban J connectivity index is 2.00. The molecule has 1 aliphatic carbocycles. The molecular formula is C14H17O5. The topological polar surface area (TPSA) is 54.0 Å². The van der Waals surface area contributed by atoms with Gasteiger partial charge in [-0.3, -0.25) is 4.89 Å². The number of hydrogen-bond acceptors (Lipinski definition) is 5. The fourth-order valence-electron chi connectivity index (χ4n) is 1.92. The lowest BCUT2D eigenvalue weighted by molar-refractivity contribution is -0.234. The predicted octanol–water partition coefficient (Wildman–Crippen LogP) is 2.90. The molecule has 0 amide bonds. The molecule has 2 rings (SSSR count). The summed E-state index contributed by atoms with van der Waals surface area (Å²) in [6, 6.07) is 4.84. The van der Waals surface area contributed by atoms with E-state index < -0.39 is 5.97 Å². The molecule has 5 heteroatoms. The van der Waals surface area contributed by atoms with Crippen LogP contribution in [0.4, 0.5) is 0 Å². The van der Waals surface area contributed by atoms with E-state index in [-0.39, 0.29) is 0 Å². The van der Waals surface area contributed by atoms with Gasteiger partial charge >= 0.3 is 5.97 Å². The lowest BCUT2D eigenvalue weighted by Gasteiger charge is -2.10. The molecule has 5 nitrogen and oxygen atoms in total. The fourth-order valence-corrected chi connectivity index (χ4v) is 1.92. The van der Waals surface area contributed by atoms with Crippen molar-refractivity contribution in [2.24, 2.45) is 0 Å². The molecule has 103 valence electrons. The van der Waals surface area contributed by atoms with Gasteiger partial charge in [-0.2, -0.15) is 4.89 Å².